The van der Waals surface area contributed by atoms with Crippen LogP contribution in [0.3, 0.4) is 0 Å². The van der Waals surface area contributed by atoms with Crippen LogP contribution in [0.2, 0.25) is 0 Å². The van der Waals surface area contributed by atoms with Crippen LogP contribution in [0.25, 0.3) is 0 Å². The van der Waals surface area contributed by atoms with Gasteiger partial charge in [-0.3, -0.25) is 14.4 Å². The Bertz CT molecular complexity index is 937. The number of halogens is 1. The van der Waals surface area contributed by atoms with Crippen LogP contribution >= 0.6 is 0 Å². The van der Waals surface area contributed by atoms with E-state index in [0.717, 1.165) is 12.5 Å². The second-order valence-corrected chi connectivity index (χ2v) is 10.8. The first-order valence-corrected chi connectivity index (χ1v) is 12.3. The number of benzene rings is 1. The Hall–Kier alpha value is -2.84. The molecule has 2 fully saturated rings. The standard InChI is InChI=1S/C26H37FN2O6/c1-26(2,3)14-28-23(30)17-6-5-7-20(17)29-24(31)18-12-22(19(27)13-21(18)34-4)35-16-10-8-15(9-11-16)25(32)33/h12-13,15-17,20H,5-11,14H2,1-4H3,(H,28,30)(H,29,31)(H,32,33). The molecule has 0 aliphatic heterocycles. The molecule has 0 aromatic heterocycles. The Balaban J connectivity index is 1.69. The van der Waals surface area contributed by atoms with Gasteiger partial charge in [0.1, 0.15) is 5.75 Å². The zero-order chi connectivity index (χ0) is 25.8. The molecular weight excluding hydrogens is 455 g/mol. The van der Waals surface area contributed by atoms with E-state index >= 15 is 0 Å². The maximum absolute atomic E-state index is 14.7. The van der Waals surface area contributed by atoms with Gasteiger partial charge in [-0.15, -0.1) is 0 Å². The van der Waals surface area contributed by atoms with E-state index in [1.807, 2.05) is 20.8 Å². The number of ether oxygens (including phenoxy) is 2. The van der Waals surface area contributed by atoms with Gasteiger partial charge in [0.05, 0.1) is 30.6 Å². The van der Waals surface area contributed by atoms with Crippen molar-refractivity contribution in [2.45, 2.75) is 77.9 Å². The third-order valence-corrected chi connectivity index (χ3v) is 6.78. The van der Waals surface area contributed by atoms with Crippen molar-refractivity contribution in [2.75, 3.05) is 13.7 Å². The Kier molecular flexibility index (Phi) is 8.61. The first-order valence-electron chi connectivity index (χ1n) is 12.3. The summed E-state index contributed by atoms with van der Waals surface area (Å²) in [5, 5.41) is 15.1. The molecule has 2 aliphatic rings. The van der Waals surface area contributed by atoms with E-state index < -0.39 is 23.6 Å². The summed E-state index contributed by atoms with van der Waals surface area (Å²) in [6.45, 7) is 6.67. The topological polar surface area (TPSA) is 114 Å². The maximum Gasteiger partial charge on any atom is 0.306 e. The number of carbonyl (C=O) groups excluding carboxylic acids is 2. The summed E-state index contributed by atoms with van der Waals surface area (Å²) in [5.74, 6) is -2.73. The zero-order valence-corrected chi connectivity index (χ0v) is 21.0. The predicted octanol–water partition coefficient (Wildman–Crippen LogP) is 3.92. The second kappa shape index (κ2) is 11.3. The molecular formula is C26H37FN2O6. The van der Waals surface area contributed by atoms with Gasteiger partial charge in [0.15, 0.2) is 11.6 Å². The normalized spacial score (nSPS) is 24.5. The van der Waals surface area contributed by atoms with Crippen LogP contribution in [0, 0.1) is 23.1 Å². The van der Waals surface area contributed by atoms with E-state index in [0.29, 0.717) is 45.1 Å². The van der Waals surface area contributed by atoms with Crippen LogP contribution in [0.5, 0.6) is 11.5 Å². The number of hydrogen-bond acceptors (Lipinski definition) is 5. The van der Waals surface area contributed by atoms with Gasteiger partial charge >= 0.3 is 5.97 Å². The predicted molar refractivity (Wildman–Crippen MR) is 128 cm³/mol. The van der Waals surface area contributed by atoms with Gasteiger partial charge < -0.3 is 25.2 Å². The van der Waals surface area contributed by atoms with Crippen LogP contribution in [0.15, 0.2) is 12.1 Å². The third kappa shape index (κ3) is 7.08. The van der Waals surface area contributed by atoms with Gasteiger partial charge in [-0.05, 0) is 50.0 Å². The number of methoxy groups -OCH3 is 1. The minimum atomic E-state index is -0.824. The van der Waals surface area contributed by atoms with E-state index in [4.69, 9.17) is 14.6 Å². The van der Waals surface area contributed by atoms with Gasteiger partial charge in [-0.25, -0.2) is 4.39 Å². The summed E-state index contributed by atoms with van der Waals surface area (Å²) in [5.41, 5.74) is 0.0847. The average molecular weight is 493 g/mol. The number of rotatable bonds is 8. The molecule has 8 nitrogen and oxygen atoms in total. The number of aliphatic carboxylic acids is 1. The van der Waals surface area contributed by atoms with Gasteiger partial charge in [-0.1, -0.05) is 27.2 Å². The molecule has 9 heteroatoms. The number of amides is 2. The highest BCUT2D eigenvalue weighted by Crippen LogP contribution is 2.33. The fourth-order valence-electron chi connectivity index (χ4n) is 4.76. The number of hydrogen-bond donors (Lipinski definition) is 3. The zero-order valence-electron chi connectivity index (χ0n) is 21.0. The Morgan fingerprint density at radius 3 is 2.34 bits per heavy atom. The monoisotopic (exact) mass is 492 g/mol. The molecule has 2 saturated carbocycles. The second-order valence-electron chi connectivity index (χ2n) is 10.8. The van der Waals surface area contributed by atoms with Crippen molar-refractivity contribution >= 4 is 17.8 Å². The van der Waals surface area contributed by atoms with Crippen LogP contribution in [0.4, 0.5) is 4.39 Å². The Morgan fingerprint density at radius 1 is 1.06 bits per heavy atom. The highest BCUT2D eigenvalue weighted by Gasteiger charge is 2.35. The molecule has 2 unspecified atom stereocenters. The first kappa shape index (κ1) is 26.8. The minimum Gasteiger partial charge on any atom is -0.496 e. The van der Waals surface area contributed by atoms with E-state index in [1.165, 1.54) is 13.2 Å². The molecule has 0 radical (unpaired) electrons. The van der Waals surface area contributed by atoms with Crippen molar-refractivity contribution < 1.29 is 33.4 Å². The average Bonchev–Trinajstić information content (AvgIpc) is 3.26. The lowest BCUT2D eigenvalue weighted by Crippen LogP contribution is -2.45. The van der Waals surface area contributed by atoms with Crippen LogP contribution in [-0.4, -0.2) is 48.7 Å². The van der Waals surface area contributed by atoms with Gasteiger partial charge in [0.25, 0.3) is 5.91 Å². The summed E-state index contributed by atoms with van der Waals surface area (Å²) < 4.78 is 25.8. The highest BCUT2D eigenvalue weighted by atomic mass is 19.1. The number of carbonyl (C=O) groups is 3. The van der Waals surface area contributed by atoms with Crippen molar-refractivity contribution in [3.05, 3.63) is 23.5 Å². The Labute approximate surface area is 205 Å². The summed E-state index contributed by atoms with van der Waals surface area (Å²) in [4.78, 5) is 37.1. The SMILES string of the molecule is COc1cc(F)c(OC2CCC(C(=O)O)CC2)cc1C(=O)NC1CCCC1C(=O)NCC(C)(C)C. The van der Waals surface area contributed by atoms with Crippen LogP contribution < -0.4 is 20.1 Å². The summed E-state index contributed by atoms with van der Waals surface area (Å²) in [6.07, 6.45) is 3.79. The quantitative estimate of drug-likeness (QED) is 0.507. The lowest BCUT2D eigenvalue weighted by Gasteiger charge is -2.27. The van der Waals surface area contributed by atoms with Crippen molar-refractivity contribution in [1.29, 1.82) is 0 Å². The maximum atomic E-state index is 14.7. The molecule has 2 amide bonds. The molecule has 1 aromatic rings. The van der Waals surface area contributed by atoms with Crippen molar-refractivity contribution in [1.82, 2.24) is 10.6 Å². The molecule has 3 N–H and O–H groups in total. The smallest absolute Gasteiger partial charge is 0.306 e. The lowest BCUT2D eigenvalue weighted by molar-refractivity contribution is -0.143. The van der Waals surface area contributed by atoms with E-state index in [9.17, 15) is 18.8 Å². The summed E-state index contributed by atoms with van der Waals surface area (Å²) in [7, 11) is 1.36. The van der Waals surface area contributed by atoms with Crippen LogP contribution in [-0.2, 0) is 9.59 Å². The van der Waals surface area contributed by atoms with Gasteiger partial charge in [0.2, 0.25) is 5.91 Å². The van der Waals surface area contributed by atoms with E-state index in [2.05, 4.69) is 10.6 Å². The fourth-order valence-corrected chi connectivity index (χ4v) is 4.76. The highest BCUT2D eigenvalue weighted by molar-refractivity contribution is 5.98. The Morgan fingerprint density at radius 2 is 1.74 bits per heavy atom. The van der Waals surface area contributed by atoms with Crippen molar-refractivity contribution in [2.24, 2.45) is 17.3 Å². The number of nitrogens with one attached hydrogen (secondary N) is 2. The van der Waals surface area contributed by atoms with Crippen LogP contribution in [0.1, 0.15) is 76.1 Å². The fraction of sp³-hybridized carbons (Fsp3) is 0.654. The summed E-state index contributed by atoms with van der Waals surface area (Å²) in [6, 6.07) is 2.12. The largest absolute Gasteiger partial charge is 0.496 e. The van der Waals surface area contributed by atoms with E-state index in [-0.39, 0.29) is 46.4 Å². The first-order chi connectivity index (χ1) is 16.5. The lowest BCUT2D eigenvalue weighted by atomic mass is 9.87. The molecule has 0 spiro atoms. The van der Waals surface area contributed by atoms with E-state index in [1.54, 1.807) is 0 Å². The molecule has 0 bridgehead atoms. The molecule has 2 atom stereocenters. The third-order valence-electron chi connectivity index (χ3n) is 6.78. The van der Waals surface area contributed by atoms with Gasteiger partial charge in [-0.2, -0.15) is 0 Å². The minimum absolute atomic E-state index is 0.0439. The number of carboxylic acid groups (broad SMARTS) is 1. The summed E-state index contributed by atoms with van der Waals surface area (Å²) >= 11 is 0. The van der Waals surface area contributed by atoms with Gasteiger partial charge in [0, 0.05) is 18.7 Å². The van der Waals surface area contributed by atoms with Crippen molar-refractivity contribution in [3.8, 4) is 11.5 Å². The molecule has 0 heterocycles. The molecule has 2 aliphatic carbocycles. The molecule has 35 heavy (non-hydrogen) atoms. The van der Waals surface area contributed by atoms with Crippen molar-refractivity contribution in [3.63, 3.8) is 0 Å². The number of carboxylic acids is 1. The molecule has 194 valence electrons. The molecule has 3 rings (SSSR count). The molecule has 1 aromatic carbocycles. The molecule has 0 saturated heterocycles.